The van der Waals surface area contributed by atoms with Gasteiger partial charge in [-0.1, -0.05) is 37.3 Å². The van der Waals surface area contributed by atoms with Crippen LogP contribution in [0.3, 0.4) is 0 Å². The maximum atomic E-state index is 13.7. The molecule has 5 nitrogen and oxygen atoms in total. The van der Waals surface area contributed by atoms with Crippen molar-refractivity contribution in [3.63, 3.8) is 0 Å². The Hall–Kier alpha value is -3.54. The fourth-order valence-corrected chi connectivity index (χ4v) is 2.83. The molecule has 0 saturated carbocycles. The number of hydrogen-bond acceptors (Lipinski definition) is 3. The lowest BCUT2D eigenvalue weighted by atomic mass is 10.1. The Labute approximate surface area is 162 Å². The van der Waals surface area contributed by atoms with Crippen LogP contribution >= 0.6 is 0 Å². The highest BCUT2D eigenvalue weighted by Crippen LogP contribution is 2.22. The highest BCUT2D eigenvalue weighted by Gasteiger charge is 2.15. The molecular weight excluding hydrogens is 357 g/mol. The van der Waals surface area contributed by atoms with Crippen molar-refractivity contribution < 1.29 is 14.0 Å². The fourth-order valence-electron chi connectivity index (χ4n) is 2.83. The molecule has 0 atom stereocenters. The molecule has 1 heterocycles. The van der Waals surface area contributed by atoms with E-state index in [9.17, 15) is 14.0 Å². The van der Waals surface area contributed by atoms with Crippen LogP contribution in [0.25, 0.3) is 0 Å². The van der Waals surface area contributed by atoms with Crippen molar-refractivity contribution in [2.75, 3.05) is 10.6 Å². The molecule has 0 radical (unpaired) electrons. The lowest BCUT2D eigenvalue weighted by molar-refractivity contribution is 0.102. The second kappa shape index (κ2) is 8.43. The van der Waals surface area contributed by atoms with Gasteiger partial charge in [0, 0.05) is 17.4 Å². The number of nitrogens with one attached hydrogen (secondary N) is 2. The standard InChI is InChI=1S/C22H20FN3O2/c1-3-15-8-6-7-14(2)20(15)26-21(27)16-11-12-24-19(13-16)22(28)25-18-10-5-4-9-17(18)23/h4-13H,3H2,1-2H3,(H,25,28)(H,26,27). The number of amides is 2. The van der Waals surface area contributed by atoms with Crippen molar-refractivity contribution in [2.24, 2.45) is 0 Å². The number of rotatable bonds is 5. The van der Waals surface area contributed by atoms with Crippen LogP contribution < -0.4 is 10.6 Å². The van der Waals surface area contributed by atoms with Gasteiger partial charge in [0.2, 0.25) is 0 Å². The topological polar surface area (TPSA) is 71.1 Å². The minimum atomic E-state index is -0.593. The summed E-state index contributed by atoms with van der Waals surface area (Å²) in [5.74, 6) is -1.48. The Balaban J connectivity index is 1.80. The van der Waals surface area contributed by atoms with Gasteiger partial charge in [0.15, 0.2) is 0 Å². The van der Waals surface area contributed by atoms with E-state index in [4.69, 9.17) is 0 Å². The highest BCUT2D eigenvalue weighted by atomic mass is 19.1. The van der Waals surface area contributed by atoms with Crippen LogP contribution in [-0.2, 0) is 6.42 Å². The molecule has 0 fully saturated rings. The Morgan fingerprint density at radius 2 is 1.79 bits per heavy atom. The van der Waals surface area contributed by atoms with Gasteiger partial charge in [0.1, 0.15) is 11.5 Å². The van der Waals surface area contributed by atoms with Crippen LogP contribution in [-0.4, -0.2) is 16.8 Å². The van der Waals surface area contributed by atoms with Crippen LogP contribution in [0.2, 0.25) is 0 Å². The molecule has 0 spiro atoms. The van der Waals surface area contributed by atoms with Crippen LogP contribution in [0.4, 0.5) is 15.8 Å². The number of aryl methyl sites for hydroxylation is 2. The number of para-hydroxylation sites is 2. The molecule has 28 heavy (non-hydrogen) atoms. The van der Waals surface area contributed by atoms with E-state index in [0.29, 0.717) is 5.56 Å². The summed E-state index contributed by atoms with van der Waals surface area (Å²) in [6, 6.07) is 14.6. The van der Waals surface area contributed by atoms with Crippen LogP contribution in [0.5, 0.6) is 0 Å². The lowest BCUT2D eigenvalue weighted by Crippen LogP contribution is -2.18. The Morgan fingerprint density at radius 3 is 2.54 bits per heavy atom. The summed E-state index contributed by atoms with van der Waals surface area (Å²) in [5.41, 5.74) is 3.12. The van der Waals surface area contributed by atoms with Crippen molar-refractivity contribution in [3.05, 3.63) is 89.0 Å². The zero-order valence-electron chi connectivity index (χ0n) is 15.6. The van der Waals surface area contributed by atoms with Crippen molar-refractivity contribution in [1.29, 1.82) is 0 Å². The second-order valence-electron chi connectivity index (χ2n) is 6.28. The van der Waals surface area contributed by atoms with E-state index in [2.05, 4.69) is 15.6 Å². The van der Waals surface area contributed by atoms with Gasteiger partial charge in [-0.25, -0.2) is 4.39 Å². The number of nitrogens with zero attached hydrogens (tertiary/aromatic N) is 1. The van der Waals surface area contributed by atoms with E-state index in [1.54, 1.807) is 6.07 Å². The molecule has 6 heteroatoms. The lowest BCUT2D eigenvalue weighted by Gasteiger charge is -2.13. The molecule has 2 aromatic carbocycles. The predicted octanol–water partition coefficient (Wildman–Crippen LogP) is 4.60. The number of aromatic nitrogens is 1. The number of carbonyl (C=O) groups is 2. The van der Waals surface area contributed by atoms with Crippen LogP contribution in [0.1, 0.15) is 38.9 Å². The smallest absolute Gasteiger partial charge is 0.274 e. The van der Waals surface area contributed by atoms with E-state index in [0.717, 1.165) is 23.2 Å². The largest absolute Gasteiger partial charge is 0.321 e. The van der Waals surface area contributed by atoms with E-state index < -0.39 is 11.7 Å². The molecule has 0 saturated heterocycles. The molecule has 1 aromatic heterocycles. The third-order valence-electron chi connectivity index (χ3n) is 4.36. The summed E-state index contributed by atoms with van der Waals surface area (Å²) >= 11 is 0. The molecule has 0 aliphatic rings. The number of halogens is 1. The van der Waals surface area contributed by atoms with E-state index >= 15 is 0 Å². The van der Waals surface area contributed by atoms with Gasteiger partial charge in [-0.3, -0.25) is 14.6 Å². The number of hydrogen-bond donors (Lipinski definition) is 2. The monoisotopic (exact) mass is 377 g/mol. The van der Waals surface area contributed by atoms with Gasteiger partial charge in [0.05, 0.1) is 5.69 Å². The third-order valence-corrected chi connectivity index (χ3v) is 4.36. The van der Waals surface area contributed by atoms with Crippen molar-refractivity contribution in [1.82, 2.24) is 4.98 Å². The Bertz CT molecular complexity index is 1030. The molecule has 3 rings (SSSR count). The van der Waals surface area contributed by atoms with Gasteiger partial charge < -0.3 is 10.6 Å². The molecule has 0 aliphatic carbocycles. The molecule has 2 N–H and O–H groups in total. The molecule has 0 bridgehead atoms. The predicted molar refractivity (Wildman–Crippen MR) is 107 cm³/mol. The number of anilines is 2. The minimum absolute atomic E-state index is 0.0244. The SMILES string of the molecule is CCc1cccc(C)c1NC(=O)c1ccnc(C(=O)Nc2ccccc2F)c1. The van der Waals surface area contributed by atoms with Crippen molar-refractivity contribution in [2.45, 2.75) is 20.3 Å². The molecule has 3 aromatic rings. The average Bonchev–Trinajstić information content (AvgIpc) is 2.71. The molecule has 142 valence electrons. The summed E-state index contributed by atoms with van der Waals surface area (Å²) in [5, 5.41) is 5.37. The van der Waals surface area contributed by atoms with Gasteiger partial charge in [0.25, 0.3) is 11.8 Å². The third kappa shape index (κ3) is 4.23. The fraction of sp³-hybridized carbons (Fsp3) is 0.136. The average molecular weight is 377 g/mol. The van der Waals surface area contributed by atoms with Crippen molar-refractivity contribution >= 4 is 23.2 Å². The van der Waals surface area contributed by atoms with Gasteiger partial charge in [-0.05, 0) is 48.7 Å². The minimum Gasteiger partial charge on any atom is -0.321 e. The summed E-state index contributed by atoms with van der Waals surface area (Å²) in [4.78, 5) is 29.1. The van der Waals surface area contributed by atoms with Gasteiger partial charge in [-0.2, -0.15) is 0 Å². The Kier molecular flexibility index (Phi) is 5.79. The first-order valence-electron chi connectivity index (χ1n) is 8.91. The molecule has 2 amide bonds. The number of pyridine rings is 1. The van der Waals surface area contributed by atoms with Crippen LogP contribution in [0.15, 0.2) is 60.8 Å². The first-order chi connectivity index (χ1) is 13.5. The molecular formula is C22H20FN3O2. The van der Waals surface area contributed by atoms with E-state index in [1.165, 1.54) is 36.5 Å². The van der Waals surface area contributed by atoms with E-state index in [-0.39, 0.29) is 17.3 Å². The summed E-state index contributed by atoms with van der Waals surface area (Å²) in [6.07, 6.45) is 2.16. The maximum absolute atomic E-state index is 13.7. The quantitative estimate of drug-likeness (QED) is 0.683. The molecule has 0 unspecified atom stereocenters. The van der Waals surface area contributed by atoms with E-state index in [1.807, 2.05) is 32.0 Å². The van der Waals surface area contributed by atoms with Crippen LogP contribution in [0, 0.1) is 12.7 Å². The normalized spacial score (nSPS) is 10.4. The Morgan fingerprint density at radius 1 is 1.00 bits per heavy atom. The summed E-state index contributed by atoms with van der Waals surface area (Å²) < 4.78 is 13.7. The highest BCUT2D eigenvalue weighted by molar-refractivity contribution is 6.08. The molecule has 0 aliphatic heterocycles. The number of carbonyl (C=O) groups excluding carboxylic acids is 2. The summed E-state index contributed by atoms with van der Waals surface area (Å²) in [7, 11) is 0. The first kappa shape index (κ1) is 19.2. The van der Waals surface area contributed by atoms with Crippen molar-refractivity contribution in [3.8, 4) is 0 Å². The van der Waals surface area contributed by atoms with Gasteiger partial charge in [-0.15, -0.1) is 0 Å². The van der Waals surface area contributed by atoms with Gasteiger partial charge >= 0.3 is 0 Å². The zero-order chi connectivity index (χ0) is 20.1. The number of benzene rings is 2. The zero-order valence-corrected chi connectivity index (χ0v) is 15.6. The second-order valence-corrected chi connectivity index (χ2v) is 6.28. The summed E-state index contributed by atoms with van der Waals surface area (Å²) in [6.45, 7) is 3.94. The maximum Gasteiger partial charge on any atom is 0.274 e. The first-order valence-corrected chi connectivity index (χ1v) is 8.91.